The number of phenolic OH excluding ortho intramolecular Hbond substituents is 1. The molecule has 0 saturated heterocycles. The zero-order chi connectivity index (χ0) is 27.0. The molecule has 1 fully saturated rings. The standard InChI is InChI=1S/C32H39N3O3/c1-20(2)12-25-15-28-24(16-29(25)38-5)17-31(37)35(32(28)23-6-9-27(36)10-7-23)26-8-11-30(33-18-26)34(4)19-22-13-21(3)14-22/h6-11,15-16,18,20-22,32,36H,12-14,17,19H2,1-5H3. The summed E-state index contributed by atoms with van der Waals surface area (Å²) in [4.78, 5) is 22.6. The van der Waals surface area contributed by atoms with Crippen LogP contribution in [-0.2, 0) is 17.6 Å². The van der Waals surface area contributed by atoms with Gasteiger partial charge in [-0.15, -0.1) is 0 Å². The third kappa shape index (κ3) is 5.22. The fourth-order valence-corrected chi connectivity index (χ4v) is 6.14. The van der Waals surface area contributed by atoms with Crippen molar-refractivity contribution in [3.05, 3.63) is 77.0 Å². The molecule has 1 amide bonds. The Hall–Kier alpha value is -3.54. The van der Waals surface area contributed by atoms with Gasteiger partial charge in [-0.25, -0.2) is 4.98 Å². The summed E-state index contributed by atoms with van der Waals surface area (Å²) in [7, 11) is 3.78. The van der Waals surface area contributed by atoms with Gasteiger partial charge in [0.2, 0.25) is 5.91 Å². The van der Waals surface area contributed by atoms with E-state index in [0.29, 0.717) is 12.3 Å². The molecule has 0 radical (unpaired) electrons. The Balaban J connectivity index is 1.53. The van der Waals surface area contributed by atoms with Crippen LogP contribution >= 0.6 is 0 Å². The first-order valence-corrected chi connectivity index (χ1v) is 13.7. The quantitative estimate of drug-likeness (QED) is 0.391. The molecule has 1 aliphatic carbocycles. The SMILES string of the molecule is COc1cc2c(cc1CC(C)C)C(c1ccc(O)cc1)N(c1ccc(N(C)CC3CC(C)C3)nc1)C(=O)C2. The molecule has 0 bridgehead atoms. The number of methoxy groups -OCH3 is 1. The van der Waals surface area contributed by atoms with Crippen molar-refractivity contribution in [1.82, 2.24) is 4.98 Å². The van der Waals surface area contributed by atoms with E-state index in [-0.39, 0.29) is 17.7 Å². The van der Waals surface area contributed by atoms with Crippen molar-refractivity contribution in [1.29, 1.82) is 0 Å². The van der Waals surface area contributed by atoms with Crippen molar-refractivity contribution in [3.8, 4) is 11.5 Å². The number of benzene rings is 2. The summed E-state index contributed by atoms with van der Waals surface area (Å²) in [6.07, 6.45) is 5.56. The highest BCUT2D eigenvalue weighted by molar-refractivity contribution is 5.98. The Kier molecular flexibility index (Phi) is 7.33. The number of anilines is 2. The molecular weight excluding hydrogens is 474 g/mol. The number of nitrogens with zero attached hydrogens (tertiary/aromatic N) is 3. The summed E-state index contributed by atoms with van der Waals surface area (Å²) in [5.41, 5.74) is 4.92. The van der Waals surface area contributed by atoms with Gasteiger partial charge >= 0.3 is 0 Å². The highest BCUT2D eigenvalue weighted by Crippen LogP contribution is 2.42. The average molecular weight is 514 g/mol. The third-order valence-electron chi connectivity index (χ3n) is 7.95. The highest BCUT2D eigenvalue weighted by Gasteiger charge is 2.36. The lowest BCUT2D eigenvalue weighted by atomic mass is 9.76. The second-order valence-corrected chi connectivity index (χ2v) is 11.6. The van der Waals surface area contributed by atoms with Crippen LogP contribution in [0.1, 0.15) is 61.9 Å². The molecule has 1 N–H and O–H groups in total. The fraction of sp³-hybridized carbons (Fsp3) is 0.438. The van der Waals surface area contributed by atoms with Crippen LogP contribution in [0.5, 0.6) is 11.5 Å². The third-order valence-corrected chi connectivity index (χ3v) is 7.95. The smallest absolute Gasteiger partial charge is 0.232 e. The van der Waals surface area contributed by atoms with E-state index in [1.54, 1.807) is 19.2 Å². The summed E-state index contributed by atoms with van der Waals surface area (Å²) >= 11 is 0. The lowest BCUT2D eigenvalue weighted by molar-refractivity contribution is -0.118. The Labute approximate surface area is 226 Å². The molecule has 1 aliphatic heterocycles. The first-order chi connectivity index (χ1) is 18.2. The van der Waals surface area contributed by atoms with Gasteiger partial charge in [0.1, 0.15) is 17.3 Å². The molecule has 6 nitrogen and oxygen atoms in total. The number of hydrogen-bond donors (Lipinski definition) is 1. The van der Waals surface area contributed by atoms with Crippen LogP contribution in [-0.4, -0.2) is 36.7 Å². The number of carbonyl (C=O) groups is 1. The zero-order valence-corrected chi connectivity index (χ0v) is 23.1. The largest absolute Gasteiger partial charge is 0.508 e. The molecule has 1 unspecified atom stereocenters. The van der Waals surface area contributed by atoms with Crippen LogP contribution < -0.4 is 14.5 Å². The maximum absolute atomic E-state index is 13.7. The van der Waals surface area contributed by atoms with E-state index >= 15 is 0 Å². The first-order valence-electron chi connectivity index (χ1n) is 13.7. The summed E-state index contributed by atoms with van der Waals surface area (Å²) < 4.78 is 5.72. The lowest BCUT2D eigenvalue weighted by Crippen LogP contribution is -2.41. The minimum atomic E-state index is -0.328. The molecule has 1 atom stereocenters. The molecule has 6 heteroatoms. The predicted molar refractivity (Wildman–Crippen MR) is 152 cm³/mol. The van der Waals surface area contributed by atoms with Crippen LogP contribution in [0.4, 0.5) is 11.5 Å². The Morgan fingerprint density at radius 1 is 1.13 bits per heavy atom. The molecule has 2 aromatic carbocycles. The Morgan fingerprint density at radius 3 is 2.47 bits per heavy atom. The van der Waals surface area contributed by atoms with Gasteiger partial charge in [0.25, 0.3) is 0 Å². The van der Waals surface area contributed by atoms with Crippen molar-refractivity contribution in [2.75, 3.05) is 30.5 Å². The van der Waals surface area contributed by atoms with Crippen LogP contribution in [0.2, 0.25) is 0 Å². The van der Waals surface area contributed by atoms with E-state index in [9.17, 15) is 9.90 Å². The normalized spacial score (nSPS) is 20.7. The molecular formula is C32H39N3O3. The number of aromatic hydroxyl groups is 1. The number of rotatable bonds is 8. The molecule has 2 heterocycles. The number of ether oxygens (including phenoxy) is 1. The van der Waals surface area contributed by atoms with Gasteiger partial charge in [-0.05, 0) is 95.7 Å². The maximum atomic E-state index is 13.7. The van der Waals surface area contributed by atoms with Crippen LogP contribution in [0.15, 0.2) is 54.7 Å². The van der Waals surface area contributed by atoms with Gasteiger partial charge < -0.3 is 14.7 Å². The Morgan fingerprint density at radius 2 is 1.87 bits per heavy atom. The maximum Gasteiger partial charge on any atom is 0.232 e. The van der Waals surface area contributed by atoms with Crippen LogP contribution in [0, 0.1) is 17.8 Å². The van der Waals surface area contributed by atoms with Crippen LogP contribution in [0.25, 0.3) is 0 Å². The lowest BCUT2D eigenvalue weighted by Gasteiger charge is -2.38. The van der Waals surface area contributed by atoms with Crippen molar-refractivity contribution in [3.63, 3.8) is 0 Å². The van der Waals surface area contributed by atoms with Gasteiger partial charge in [0.15, 0.2) is 0 Å². The topological polar surface area (TPSA) is 65.9 Å². The average Bonchev–Trinajstić information content (AvgIpc) is 2.87. The fourth-order valence-electron chi connectivity index (χ4n) is 6.14. The van der Waals surface area contributed by atoms with E-state index in [1.807, 2.05) is 41.4 Å². The van der Waals surface area contributed by atoms with Gasteiger partial charge in [-0.3, -0.25) is 9.69 Å². The molecule has 5 rings (SSSR count). The number of pyridine rings is 1. The number of phenols is 1. The van der Waals surface area contributed by atoms with E-state index in [0.717, 1.165) is 64.3 Å². The molecule has 2 aliphatic rings. The summed E-state index contributed by atoms with van der Waals surface area (Å²) in [6, 6.07) is 15.1. The van der Waals surface area contributed by atoms with E-state index in [1.165, 1.54) is 12.8 Å². The highest BCUT2D eigenvalue weighted by atomic mass is 16.5. The second kappa shape index (κ2) is 10.7. The number of amides is 1. The number of hydrogen-bond acceptors (Lipinski definition) is 5. The van der Waals surface area contributed by atoms with Gasteiger partial charge in [0, 0.05) is 13.6 Å². The first kappa shape index (κ1) is 26.1. The second-order valence-electron chi connectivity index (χ2n) is 11.6. The minimum absolute atomic E-state index is 0.0144. The summed E-state index contributed by atoms with van der Waals surface area (Å²) in [6.45, 7) is 7.71. The molecule has 200 valence electrons. The van der Waals surface area contributed by atoms with Gasteiger partial charge in [-0.2, -0.15) is 0 Å². The van der Waals surface area contributed by atoms with E-state index < -0.39 is 0 Å². The Bertz CT molecular complexity index is 1280. The minimum Gasteiger partial charge on any atom is -0.508 e. The molecule has 1 aromatic heterocycles. The number of aromatic nitrogens is 1. The molecule has 1 saturated carbocycles. The van der Waals surface area contributed by atoms with Crippen molar-refractivity contribution >= 4 is 17.4 Å². The van der Waals surface area contributed by atoms with Gasteiger partial charge in [-0.1, -0.05) is 32.9 Å². The number of carbonyl (C=O) groups excluding carboxylic acids is 1. The molecule has 38 heavy (non-hydrogen) atoms. The van der Waals surface area contributed by atoms with Crippen LogP contribution in [0.3, 0.4) is 0 Å². The summed E-state index contributed by atoms with van der Waals surface area (Å²) in [5, 5.41) is 9.97. The molecule has 3 aromatic rings. The zero-order valence-electron chi connectivity index (χ0n) is 23.1. The van der Waals surface area contributed by atoms with E-state index in [4.69, 9.17) is 9.72 Å². The van der Waals surface area contributed by atoms with E-state index in [2.05, 4.69) is 38.8 Å². The predicted octanol–water partition coefficient (Wildman–Crippen LogP) is 6.16. The van der Waals surface area contributed by atoms with Crippen molar-refractivity contribution < 1.29 is 14.6 Å². The monoisotopic (exact) mass is 513 g/mol. The number of fused-ring (bicyclic) bond motifs is 1. The van der Waals surface area contributed by atoms with Gasteiger partial charge in [0.05, 0.1) is 31.5 Å². The molecule has 0 spiro atoms. The van der Waals surface area contributed by atoms with Crippen molar-refractivity contribution in [2.24, 2.45) is 17.8 Å². The summed E-state index contributed by atoms with van der Waals surface area (Å²) in [5.74, 6) is 3.99. The van der Waals surface area contributed by atoms with Crippen molar-refractivity contribution in [2.45, 2.75) is 52.5 Å².